The molecule has 1 heterocycles. The predicted molar refractivity (Wildman–Crippen MR) is 86.2 cm³/mol. The van der Waals surface area contributed by atoms with Gasteiger partial charge in [0.15, 0.2) is 0 Å². The fraction of sp³-hybridized carbons (Fsp3) is 0.214. The van der Waals surface area contributed by atoms with Gasteiger partial charge in [-0.15, -0.1) is 0 Å². The molecule has 0 bridgehead atoms. The molecule has 1 amide bonds. The van der Waals surface area contributed by atoms with E-state index in [0.29, 0.717) is 28.1 Å². The van der Waals surface area contributed by atoms with Gasteiger partial charge < -0.3 is 15.6 Å². The van der Waals surface area contributed by atoms with Crippen LogP contribution in [0.5, 0.6) is 0 Å². The third-order valence-electron chi connectivity index (χ3n) is 2.86. The Hall–Kier alpha value is -1.53. The number of hydrogen-bond donors (Lipinski definition) is 2. The zero-order valence-electron chi connectivity index (χ0n) is 11.3. The topological polar surface area (TPSA) is 60.0 Å². The number of nitrogens with one attached hydrogen (secondary N) is 1. The van der Waals surface area contributed by atoms with Crippen molar-refractivity contribution >= 4 is 44.8 Å². The van der Waals surface area contributed by atoms with Gasteiger partial charge in [0.05, 0.1) is 16.4 Å². The van der Waals surface area contributed by atoms with Gasteiger partial charge in [0.2, 0.25) is 0 Å². The second-order valence-corrected chi connectivity index (χ2v) is 5.81. The average Bonchev–Trinajstić information content (AvgIpc) is 2.75. The van der Waals surface area contributed by atoms with Crippen LogP contribution in [0, 0.1) is 5.82 Å². The summed E-state index contributed by atoms with van der Waals surface area (Å²) in [6, 6.07) is 3.97. The van der Waals surface area contributed by atoms with Crippen LogP contribution in [0.4, 0.5) is 15.8 Å². The lowest BCUT2D eigenvalue weighted by molar-refractivity contribution is 0.101. The van der Waals surface area contributed by atoms with Gasteiger partial charge in [0.25, 0.3) is 5.91 Å². The van der Waals surface area contributed by atoms with Crippen LogP contribution in [0.15, 0.2) is 28.9 Å². The number of benzene rings is 1. The maximum absolute atomic E-state index is 13.2. The van der Waals surface area contributed by atoms with Crippen molar-refractivity contribution in [2.75, 3.05) is 11.1 Å². The Morgan fingerprint density at radius 1 is 1.48 bits per heavy atom. The molecule has 0 radical (unpaired) electrons. The Morgan fingerprint density at radius 3 is 2.81 bits per heavy atom. The van der Waals surface area contributed by atoms with Gasteiger partial charge in [-0.05, 0) is 40.5 Å². The zero-order chi connectivity index (χ0) is 15.6. The second-order valence-electron chi connectivity index (χ2n) is 4.55. The molecule has 0 aliphatic rings. The number of nitrogens with two attached hydrogens (primary N) is 1. The van der Waals surface area contributed by atoms with Crippen LogP contribution in [-0.4, -0.2) is 10.5 Å². The molecule has 2 aromatic rings. The highest BCUT2D eigenvalue weighted by molar-refractivity contribution is 9.10. The van der Waals surface area contributed by atoms with Crippen LogP contribution < -0.4 is 11.1 Å². The molecule has 0 unspecified atom stereocenters. The number of anilines is 2. The van der Waals surface area contributed by atoms with Crippen molar-refractivity contribution in [3.05, 3.63) is 45.4 Å². The molecule has 4 nitrogen and oxygen atoms in total. The van der Waals surface area contributed by atoms with Crippen LogP contribution in [-0.2, 0) is 6.54 Å². The minimum absolute atomic E-state index is 0.122. The molecular formula is C14H14BrClFN3O. The summed E-state index contributed by atoms with van der Waals surface area (Å²) in [5.41, 5.74) is 7.00. The van der Waals surface area contributed by atoms with E-state index in [9.17, 15) is 9.18 Å². The van der Waals surface area contributed by atoms with Gasteiger partial charge in [0, 0.05) is 17.2 Å². The van der Waals surface area contributed by atoms with Gasteiger partial charge in [-0.1, -0.05) is 18.5 Å². The molecule has 3 N–H and O–H groups in total. The smallest absolute Gasteiger partial charge is 0.272 e. The van der Waals surface area contributed by atoms with Crippen LogP contribution in [0.3, 0.4) is 0 Å². The molecule has 0 saturated heterocycles. The highest BCUT2D eigenvalue weighted by Gasteiger charge is 2.16. The van der Waals surface area contributed by atoms with Crippen LogP contribution >= 0.6 is 27.5 Å². The highest BCUT2D eigenvalue weighted by atomic mass is 79.9. The molecule has 0 aliphatic carbocycles. The van der Waals surface area contributed by atoms with E-state index in [1.807, 2.05) is 6.92 Å². The standard InChI is InChI=1S/C14H14BrClFN3O/c1-2-3-20-7-9(18)6-12(20)14(21)19-13-10(15)4-8(17)5-11(13)16/h4-7H,2-3,18H2,1H3,(H,19,21). The van der Waals surface area contributed by atoms with Crippen molar-refractivity contribution in [3.63, 3.8) is 0 Å². The number of amides is 1. The van der Waals surface area contributed by atoms with E-state index in [-0.39, 0.29) is 10.9 Å². The number of rotatable bonds is 4. The molecule has 21 heavy (non-hydrogen) atoms. The molecule has 0 saturated carbocycles. The summed E-state index contributed by atoms with van der Waals surface area (Å²) in [5.74, 6) is -0.835. The molecule has 112 valence electrons. The number of halogens is 3. The van der Waals surface area contributed by atoms with Gasteiger partial charge in [-0.25, -0.2) is 4.39 Å². The third-order valence-corrected chi connectivity index (χ3v) is 3.78. The Bertz CT molecular complexity index is 664. The quantitative estimate of drug-likeness (QED) is 0.839. The molecule has 2 rings (SSSR count). The molecule has 0 fully saturated rings. The zero-order valence-corrected chi connectivity index (χ0v) is 13.6. The lowest BCUT2D eigenvalue weighted by atomic mass is 10.3. The third kappa shape index (κ3) is 3.57. The number of nitrogens with zero attached hydrogens (tertiary/aromatic N) is 1. The normalized spacial score (nSPS) is 10.7. The molecule has 0 aliphatic heterocycles. The Morgan fingerprint density at radius 2 is 2.19 bits per heavy atom. The number of aryl methyl sites for hydroxylation is 1. The average molecular weight is 375 g/mol. The first kappa shape index (κ1) is 15.9. The van der Waals surface area contributed by atoms with Crippen molar-refractivity contribution in [2.24, 2.45) is 0 Å². The summed E-state index contributed by atoms with van der Waals surface area (Å²) < 4.78 is 15.3. The van der Waals surface area contributed by atoms with Gasteiger partial charge in [0.1, 0.15) is 11.5 Å². The molecule has 1 aromatic heterocycles. The van der Waals surface area contributed by atoms with E-state index in [4.69, 9.17) is 17.3 Å². The van der Waals surface area contributed by atoms with Crippen LogP contribution in [0.1, 0.15) is 23.8 Å². The summed E-state index contributed by atoms with van der Waals surface area (Å²) in [5, 5.41) is 2.80. The van der Waals surface area contributed by atoms with E-state index >= 15 is 0 Å². The number of carbonyl (C=O) groups excluding carboxylic acids is 1. The van der Waals surface area contributed by atoms with Crippen LogP contribution in [0.25, 0.3) is 0 Å². The second kappa shape index (κ2) is 6.49. The number of carbonyl (C=O) groups is 1. The molecular weight excluding hydrogens is 361 g/mol. The van der Waals surface area contributed by atoms with Crippen molar-refractivity contribution in [2.45, 2.75) is 19.9 Å². The maximum Gasteiger partial charge on any atom is 0.272 e. The van der Waals surface area contributed by atoms with Crippen molar-refractivity contribution in [1.82, 2.24) is 4.57 Å². The van der Waals surface area contributed by atoms with Crippen molar-refractivity contribution in [1.29, 1.82) is 0 Å². The van der Waals surface area contributed by atoms with Gasteiger partial charge in [-0.2, -0.15) is 0 Å². The Balaban J connectivity index is 2.30. The van der Waals surface area contributed by atoms with Crippen molar-refractivity contribution < 1.29 is 9.18 Å². The van der Waals surface area contributed by atoms with Gasteiger partial charge in [-0.3, -0.25) is 4.79 Å². The van der Waals surface area contributed by atoms with E-state index in [1.54, 1.807) is 16.8 Å². The minimum Gasteiger partial charge on any atom is -0.397 e. The maximum atomic E-state index is 13.2. The minimum atomic E-state index is -0.483. The molecule has 1 aromatic carbocycles. The fourth-order valence-electron chi connectivity index (χ4n) is 1.99. The predicted octanol–water partition coefficient (Wildman–Crippen LogP) is 4.29. The summed E-state index contributed by atoms with van der Waals surface area (Å²) >= 11 is 9.14. The van der Waals surface area contributed by atoms with Gasteiger partial charge >= 0.3 is 0 Å². The summed E-state index contributed by atoms with van der Waals surface area (Å²) in [4.78, 5) is 12.4. The molecule has 0 atom stereocenters. The highest BCUT2D eigenvalue weighted by Crippen LogP contribution is 2.32. The monoisotopic (exact) mass is 373 g/mol. The van der Waals surface area contributed by atoms with E-state index < -0.39 is 5.82 Å². The van der Waals surface area contributed by atoms with Crippen molar-refractivity contribution in [3.8, 4) is 0 Å². The van der Waals surface area contributed by atoms with E-state index in [2.05, 4.69) is 21.2 Å². The molecule has 7 heteroatoms. The lowest BCUT2D eigenvalue weighted by Gasteiger charge is -2.11. The number of hydrogen-bond acceptors (Lipinski definition) is 2. The first-order valence-corrected chi connectivity index (χ1v) is 7.51. The summed E-state index contributed by atoms with van der Waals surface area (Å²) in [6.45, 7) is 2.68. The summed E-state index contributed by atoms with van der Waals surface area (Å²) in [7, 11) is 0. The largest absolute Gasteiger partial charge is 0.397 e. The lowest BCUT2D eigenvalue weighted by Crippen LogP contribution is -2.17. The van der Waals surface area contributed by atoms with E-state index in [0.717, 1.165) is 12.5 Å². The first-order chi connectivity index (χ1) is 9.92. The number of aromatic nitrogens is 1. The molecule has 0 spiro atoms. The SMILES string of the molecule is CCCn1cc(N)cc1C(=O)Nc1c(Cl)cc(F)cc1Br. The summed E-state index contributed by atoms with van der Waals surface area (Å²) in [6.07, 6.45) is 2.58. The Labute approximate surface area is 135 Å². The first-order valence-electron chi connectivity index (χ1n) is 6.34. The fourth-order valence-corrected chi connectivity index (χ4v) is 2.89. The van der Waals surface area contributed by atoms with Crippen LogP contribution in [0.2, 0.25) is 5.02 Å². The Kier molecular flexibility index (Phi) is 4.90. The van der Waals surface area contributed by atoms with E-state index in [1.165, 1.54) is 6.07 Å². The number of nitrogen functional groups attached to an aromatic ring is 1.